The zero-order valence-corrected chi connectivity index (χ0v) is 17.8. The summed E-state index contributed by atoms with van der Waals surface area (Å²) in [5.74, 6) is 1.85. The molecule has 0 aromatic carbocycles. The number of piperidine rings is 1. The minimum atomic E-state index is -3.10. The standard InChI is InChI=1S/C19H28N4O3S2/c1-2-28(24,25)23-11-8-16(9-12-23)22-19(21-15-18-6-4-14-27-18)20-10-7-17-5-3-13-26-17/h3-6,13-14,16H,2,7-12,15H2,1H3,(H2,20,21,22). The summed E-state index contributed by atoms with van der Waals surface area (Å²) < 4.78 is 31.0. The maximum atomic E-state index is 12.0. The highest BCUT2D eigenvalue weighted by atomic mass is 32.2. The average Bonchev–Trinajstić information content (AvgIpc) is 3.40. The van der Waals surface area contributed by atoms with Gasteiger partial charge in [-0.15, -0.1) is 11.3 Å². The number of nitrogens with one attached hydrogen (secondary N) is 2. The molecule has 28 heavy (non-hydrogen) atoms. The lowest BCUT2D eigenvalue weighted by Crippen LogP contribution is -2.50. The summed E-state index contributed by atoms with van der Waals surface area (Å²) in [5.41, 5.74) is 0. The third kappa shape index (κ3) is 6.08. The van der Waals surface area contributed by atoms with Crippen LogP contribution in [0.25, 0.3) is 0 Å². The van der Waals surface area contributed by atoms with Crippen LogP contribution in [-0.2, 0) is 23.0 Å². The largest absolute Gasteiger partial charge is 0.469 e. The first-order valence-corrected chi connectivity index (χ1v) is 12.1. The Morgan fingerprint density at radius 1 is 1.32 bits per heavy atom. The van der Waals surface area contributed by atoms with Crippen LogP contribution in [0.15, 0.2) is 45.3 Å². The van der Waals surface area contributed by atoms with Crippen LogP contribution in [0, 0.1) is 0 Å². The monoisotopic (exact) mass is 424 g/mol. The number of hydrogen-bond donors (Lipinski definition) is 2. The van der Waals surface area contributed by atoms with Crippen molar-refractivity contribution in [2.45, 2.75) is 38.8 Å². The summed E-state index contributed by atoms with van der Waals surface area (Å²) in [6, 6.07) is 8.15. The molecule has 0 unspecified atom stereocenters. The van der Waals surface area contributed by atoms with Gasteiger partial charge in [-0.05, 0) is 43.3 Å². The highest BCUT2D eigenvalue weighted by Crippen LogP contribution is 2.15. The molecule has 0 saturated carbocycles. The number of hydrogen-bond acceptors (Lipinski definition) is 5. The third-order valence-electron chi connectivity index (χ3n) is 4.77. The molecule has 1 aliphatic rings. The van der Waals surface area contributed by atoms with Crippen molar-refractivity contribution in [1.29, 1.82) is 0 Å². The molecular weight excluding hydrogens is 396 g/mol. The Morgan fingerprint density at radius 3 is 2.79 bits per heavy atom. The fourth-order valence-corrected chi connectivity index (χ4v) is 4.89. The van der Waals surface area contributed by atoms with Crippen molar-refractivity contribution in [1.82, 2.24) is 14.9 Å². The van der Waals surface area contributed by atoms with Crippen molar-refractivity contribution in [3.63, 3.8) is 0 Å². The lowest BCUT2D eigenvalue weighted by molar-refractivity contribution is 0.306. The second-order valence-corrected chi connectivity index (χ2v) is 10.0. The van der Waals surface area contributed by atoms with Gasteiger partial charge in [0, 0.05) is 37.0 Å². The quantitative estimate of drug-likeness (QED) is 0.502. The molecular formula is C19H28N4O3S2. The minimum Gasteiger partial charge on any atom is -0.469 e. The van der Waals surface area contributed by atoms with Gasteiger partial charge < -0.3 is 15.1 Å². The van der Waals surface area contributed by atoms with Crippen LogP contribution in [0.5, 0.6) is 0 Å². The molecule has 3 rings (SSSR count). The molecule has 1 saturated heterocycles. The Kier molecular flexibility index (Phi) is 7.52. The number of aliphatic imine (C=N–C) groups is 1. The highest BCUT2D eigenvalue weighted by molar-refractivity contribution is 7.89. The van der Waals surface area contributed by atoms with Gasteiger partial charge in [-0.1, -0.05) is 6.07 Å². The van der Waals surface area contributed by atoms with Gasteiger partial charge in [0.05, 0.1) is 18.6 Å². The van der Waals surface area contributed by atoms with E-state index in [1.807, 2.05) is 23.6 Å². The van der Waals surface area contributed by atoms with Gasteiger partial charge in [-0.2, -0.15) is 0 Å². The molecule has 2 N–H and O–H groups in total. The van der Waals surface area contributed by atoms with Crippen LogP contribution in [0.3, 0.4) is 0 Å². The van der Waals surface area contributed by atoms with Gasteiger partial charge >= 0.3 is 0 Å². The SMILES string of the molecule is CCS(=O)(=O)N1CCC(NC(=NCc2cccs2)NCCc2ccco2)CC1. The van der Waals surface area contributed by atoms with E-state index in [4.69, 9.17) is 9.41 Å². The lowest BCUT2D eigenvalue weighted by atomic mass is 10.1. The third-order valence-corrected chi connectivity index (χ3v) is 7.51. The van der Waals surface area contributed by atoms with Crippen LogP contribution < -0.4 is 10.6 Å². The summed E-state index contributed by atoms with van der Waals surface area (Å²) in [5, 5.41) is 8.90. The van der Waals surface area contributed by atoms with E-state index in [-0.39, 0.29) is 11.8 Å². The minimum absolute atomic E-state index is 0.160. The van der Waals surface area contributed by atoms with E-state index in [2.05, 4.69) is 16.7 Å². The molecule has 0 bridgehead atoms. The number of furan rings is 1. The zero-order chi connectivity index (χ0) is 19.8. The fraction of sp³-hybridized carbons (Fsp3) is 0.526. The lowest BCUT2D eigenvalue weighted by Gasteiger charge is -2.32. The molecule has 0 radical (unpaired) electrons. The highest BCUT2D eigenvalue weighted by Gasteiger charge is 2.27. The molecule has 3 heterocycles. The van der Waals surface area contributed by atoms with Crippen molar-refractivity contribution in [3.05, 3.63) is 46.5 Å². The molecule has 0 spiro atoms. The molecule has 2 aromatic rings. The maximum absolute atomic E-state index is 12.0. The molecule has 0 aliphatic carbocycles. The molecule has 9 heteroatoms. The van der Waals surface area contributed by atoms with Gasteiger partial charge in [0.1, 0.15) is 5.76 Å². The van der Waals surface area contributed by atoms with Crippen molar-refractivity contribution >= 4 is 27.3 Å². The van der Waals surface area contributed by atoms with Crippen molar-refractivity contribution < 1.29 is 12.8 Å². The van der Waals surface area contributed by atoms with Gasteiger partial charge in [0.15, 0.2) is 5.96 Å². The molecule has 0 amide bonds. The van der Waals surface area contributed by atoms with E-state index in [1.54, 1.807) is 28.8 Å². The topological polar surface area (TPSA) is 86.9 Å². The number of rotatable bonds is 8. The maximum Gasteiger partial charge on any atom is 0.213 e. The Balaban J connectivity index is 1.54. The van der Waals surface area contributed by atoms with E-state index in [1.165, 1.54) is 4.88 Å². The van der Waals surface area contributed by atoms with Gasteiger partial charge in [-0.3, -0.25) is 0 Å². The Bertz CT molecular complexity index is 825. The van der Waals surface area contributed by atoms with Gasteiger partial charge in [0.2, 0.25) is 10.0 Å². The summed E-state index contributed by atoms with van der Waals surface area (Å²) >= 11 is 1.69. The fourth-order valence-electron chi connectivity index (χ4n) is 3.13. The van der Waals surface area contributed by atoms with Crippen molar-refractivity contribution in [2.75, 3.05) is 25.4 Å². The summed E-state index contributed by atoms with van der Waals surface area (Å²) in [4.78, 5) is 5.91. The summed E-state index contributed by atoms with van der Waals surface area (Å²) in [6.07, 6.45) is 4.01. The summed E-state index contributed by atoms with van der Waals surface area (Å²) in [6.45, 7) is 4.14. The van der Waals surface area contributed by atoms with Gasteiger partial charge in [-0.25, -0.2) is 17.7 Å². The number of guanidine groups is 1. The Labute approximate surface area is 170 Å². The van der Waals surface area contributed by atoms with Crippen molar-refractivity contribution in [2.24, 2.45) is 4.99 Å². The second-order valence-electron chi connectivity index (χ2n) is 6.72. The first-order chi connectivity index (χ1) is 13.6. The molecule has 2 aromatic heterocycles. The van der Waals surface area contributed by atoms with E-state index >= 15 is 0 Å². The van der Waals surface area contributed by atoms with Gasteiger partial charge in [0.25, 0.3) is 0 Å². The summed E-state index contributed by atoms with van der Waals surface area (Å²) in [7, 11) is -3.10. The van der Waals surface area contributed by atoms with E-state index in [0.29, 0.717) is 26.2 Å². The normalized spacial score (nSPS) is 17.0. The van der Waals surface area contributed by atoms with Crippen molar-refractivity contribution in [3.8, 4) is 0 Å². The first kappa shape index (κ1) is 20.9. The van der Waals surface area contributed by atoms with E-state index in [0.717, 1.165) is 31.0 Å². The van der Waals surface area contributed by atoms with Crippen LogP contribution >= 0.6 is 11.3 Å². The molecule has 154 valence electrons. The number of sulfonamides is 1. The van der Waals surface area contributed by atoms with Crippen LogP contribution in [0.2, 0.25) is 0 Å². The Hall–Kier alpha value is -1.84. The van der Waals surface area contributed by atoms with E-state index < -0.39 is 10.0 Å². The predicted octanol–water partition coefficient (Wildman–Crippen LogP) is 2.43. The smallest absolute Gasteiger partial charge is 0.213 e. The first-order valence-electron chi connectivity index (χ1n) is 9.64. The Morgan fingerprint density at radius 2 is 2.14 bits per heavy atom. The second kappa shape index (κ2) is 10.1. The molecule has 0 atom stereocenters. The number of nitrogens with zero attached hydrogens (tertiary/aromatic N) is 2. The van der Waals surface area contributed by atoms with E-state index in [9.17, 15) is 8.42 Å². The zero-order valence-electron chi connectivity index (χ0n) is 16.1. The predicted molar refractivity (Wildman–Crippen MR) is 113 cm³/mol. The van der Waals surface area contributed by atoms with Crippen LogP contribution in [-0.4, -0.2) is 50.1 Å². The number of thiophene rings is 1. The molecule has 1 aliphatic heterocycles. The van der Waals surface area contributed by atoms with Crippen LogP contribution in [0.1, 0.15) is 30.4 Å². The van der Waals surface area contributed by atoms with Crippen LogP contribution in [0.4, 0.5) is 0 Å². The average molecular weight is 425 g/mol. The molecule has 7 nitrogen and oxygen atoms in total. The molecule has 1 fully saturated rings.